The van der Waals surface area contributed by atoms with Crippen LogP contribution in [0.4, 0.5) is 0 Å². The molecule has 1 aliphatic rings. The lowest BCUT2D eigenvalue weighted by Crippen LogP contribution is -2.68. The number of amides is 2. The van der Waals surface area contributed by atoms with Gasteiger partial charge < -0.3 is 10.2 Å². The zero-order valence-electron chi connectivity index (χ0n) is 13.1. The quantitative estimate of drug-likeness (QED) is 0.919. The van der Waals surface area contributed by atoms with Crippen molar-refractivity contribution in [1.29, 1.82) is 0 Å². The molecule has 1 saturated heterocycles. The van der Waals surface area contributed by atoms with Crippen molar-refractivity contribution in [1.82, 2.24) is 15.2 Å². The van der Waals surface area contributed by atoms with E-state index in [9.17, 15) is 9.59 Å². The van der Waals surface area contributed by atoms with E-state index in [1.807, 2.05) is 32.9 Å². The van der Waals surface area contributed by atoms with E-state index < -0.39 is 11.6 Å². The second-order valence-corrected chi connectivity index (χ2v) is 5.84. The summed E-state index contributed by atoms with van der Waals surface area (Å²) in [6.07, 6.45) is 2.96. The maximum absolute atomic E-state index is 12.8. The first-order chi connectivity index (χ1) is 9.91. The van der Waals surface area contributed by atoms with Gasteiger partial charge in [-0.1, -0.05) is 19.9 Å². The van der Waals surface area contributed by atoms with Gasteiger partial charge in [0.25, 0.3) is 0 Å². The van der Waals surface area contributed by atoms with Gasteiger partial charge in [-0.05, 0) is 38.3 Å². The largest absolute Gasteiger partial charge is 0.340 e. The lowest BCUT2D eigenvalue weighted by atomic mass is 9.91. The minimum atomic E-state index is -0.805. The molecule has 2 atom stereocenters. The van der Waals surface area contributed by atoms with Crippen LogP contribution in [0, 0.1) is 6.92 Å². The number of pyridine rings is 1. The Morgan fingerprint density at radius 3 is 2.57 bits per heavy atom. The van der Waals surface area contributed by atoms with E-state index in [4.69, 9.17) is 0 Å². The first kappa shape index (κ1) is 15.5. The first-order valence-corrected chi connectivity index (χ1v) is 7.46. The molecule has 2 unspecified atom stereocenters. The summed E-state index contributed by atoms with van der Waals surface area (Å²) in [7, 11) is 0. The fraction of sp³-hybridized carbons (Fsp3) is 0.562. The normalized spacial score (nSPS) is 25.9. The van der Waals surface area contributed by atoms with Gasteiger partial charge in [-0.3, -0.25) is 14.6 Å². The van der Waals surface area contributed by atoms with Gasteiger partial charge in [0.05, 0.1) is 0 Å². The Morgan fingerprint density at radius 1 is 1.33 bits per heavy atom. The summed E-state index contributed by atoms with van der Waals surface area (Å²) in [6, 6.07) is 3.47. The third-order valence-corrected chi connectivity index (χ3v) is 4.23. The zero-order chi connectivity index (χ0) is 15.6. The third kappa shape index (κ3) is 2.91. The molecule has 1 fully saturated rings. The number of aromatic nitrogens is 1. The molecule has 0 radical (unpaired) electrons. The molecule has 0 spiro atoms. The predicted octanol–water partition coefficient (Wildman–Crippen LogP) is 1.80. The zero-order valence-corrected chi connectivity index (χ0v) is 13.1. The summed E-state index contributed by atoms with van der Waals surface area (Å²) >= 11 is 0. The number of nitrogens with zero attached hydrogens (tertiary/aromatic N) is 2. The van der Waals surface area contributed by atoms with Crippen molar-refractivity contribution in [3.8, 4) is 0 Å². The van der Waals surface area contributed by atoms with E-state index in [0.717, 1.165) is 11.3 Å². The van der Waals surface area contributed by atoms with Crippen LogP contribution < -0.4 is 5.32 Å². The number of hydrogen-bond acceptors (Lipinski definition) is 3. The number of carbonyl (C=O) groups excluding carboxylic acids is 2. The second kappa shape index (κ2) is 5.84. The Hall–Kier alpha value is -1.91. The molecule has 1 aromatic rings. The number of hydrogen-bond donors (Lipinski definition) is 1. The molecular weight excluding hydrogens is 266 g/mol. The fourth-order valence-electron chi connectivity index (χ4n) is 2.62. The summed E-state index contributed by atoms with van der Waals surface area (Å²) in [4.78, 5) is 31.0. The van der Waals surface area contributed by atoms with Gasteiger partial charge in [-0.25, -0.2) is 0 Å². The van der Waals surface area contributed by atoms with Crippen LogP contribution in [0.1, 0.15) is 44.9 Å². The summed E-state index contributed by atoms with van der Waals surface area (Å²) < 4.78 is 0. The standard InChI is InChI=1S/C16H23N3O2/c1-5-13-14(20)18-16(4,6-2)15(21)19(13)10-12-8-7-11(3)17-9-12/h7-9,13H,5-6,10H2,1-4H3,(H,18,20). The van der Waals surface area contributed by atoms with Crippen LogP contribution in [-0.4, -0.2) is 33.3 Å². The van der Waals surface area contributed by atoms with Crippen LogP contribution in [0.5, 0.6) is 0 Å². The van der Waals surface area contributed by atoms with E-state index >= 15 is 0 Å². The maximum atomic E-state index is 12.8. The summed E-state index contributed by atoms with van der Waals surface area (Å²) in [5.41, 5.74) is 1.08. The highest BCUT2D eigenvalue weighted by atomic mass is 16.2. The molecule has 1 aliphatic heterocycles. The minimum Gasteiger partial charge on any atom is -0.340 e. The molecular formula is C16H23N3O2. The number of carbonyl (C=O) groups is 2. The Labute approximate surface area is 125 Å². The Bertz CT molecular complexity index is 541. The lowest BCUT2D eigenvalue weighted by Gasteiger charge is -2.44. The number of piperazine rings is 1. The van der Waals surface area contributed by atoms with E-state index in [1.54, 1.807) is 18.0 Å². The van der Waals surface area contributed by atoms with Gasteiger partial charge >= 0.3 is 0 Å². The molecule has 5 nitrogen and oxygen atoms in total. The van der Waals surface area contributed by atoms with E-state index in [1.165, 1.54) is 0 Å². The van der Waals surface area contributed by atoms with Crippen LogP contribution in [0.2, 0.25) is 0 Å². The molecule has 0 aliphatic carbocycles. The van der Waals surface area contributed by atoms with Crippen molar-refractivity contribution < 1.29 is 9.59 Å². The molecule has 0 saturated carbocycles. The van der Waals surface area contributed by atoms with Crippen molar-refractivity contribution in [2.24, 2.45) is 0 Å². The van der Waals surface area contributed by atoms with Gasteiger partial charge in [-0.15, -0.1) is 0 Å². The van der Waals surface area contributed by atoms with Crippen LogP contribution in [-0.2, 0) is 16.1 Å². The molecule has 0 bridgehead atoms. The molecule has 1 aromatic heterocycles. The Morgan fingerprint density at radius 2 is 2.05 bits per heavy atom. The highest BCUT2D eigenvalue weighted by Gasteiger charge is 2.46. The molecule has 2 amide bonds. The lowest BCUT2D eigenvalue weighted by molar-refractivity contribution is -0.155. The smallest absolute Gasteiger partial charge is 0.249 e. The number of aryl methyl sites for hydroxylation is 1. The molecule has 0 aromatic carbocycles. The third-order valence-electron chi connectivity index (χ3n) is 4.23. The average Bonchev–Trinajstić information content (AvgIpc) is 2.47. The van der Waals surface area contributed by atoms with Crippen molar-refractivity contribution >= 4 is 11.8 Å². The predicted molar refractivity (Wildman–Crippen MR) is 80.4 cm³/mol. The van der Waals surface area contributed by atoms with Gasteiger partial charge in [0.15, 0.2) is 0 Å². The van der Waals surface area contributed by atoms with Crippen molar-refractivity contribution in [2.45, 2.75) is 58.7 Å². The molecule has 2 heterocycles. The summed E-state index contributed by atoms with van der Waals surface area (Å²) in [5.74, 6) is -0.0847. The first-order valence-electron chi connectivity index (χ1n) is 7.46. The fourth-order valence-corrected chi connectivity index (χ4v) is 2.62. The second-order valence-electron chi connectivity index (χ2n) is 5.84. The van der Waals surface area contributed by atoms with Crippen molar-refractivity contribution in [2.75, 3.05) is 0 Å². The van der Waals surface area contributed by atoms with Crippen LogP contribution in [0.25, 0.3) is 0 Å². The summed E-state index contributed by atoms with van der Waals surface area (Å²) in [5, 5.41) is 2.87. The van der Waals surface area contributed by atoms with Crippen LogP contribution in [0.3, 0.4) is 0 Å². The average molecular weight is 289 g/mol. The molecule has 114 valence electrons. The van der Waals surface area contributed by atoms with Crippen molar-refractivity contribution in [3.05, 3.63) is 29.6 Å². The monoisotopic (exact) mass is 289 g/mol. The van der Waals surface area contributed by atoms with E-state index in [2.05, 4.69) is 10.3 Å². The maximum Gasteiger partial charge on any atom is 0.249 e. The molecule has 1 N–H and O–H groups in total. The topological polar surface area (TPSA) is 62.3 Å². The highest BCUT2D eigenvalue weighted by molar-refractivity contribution is 5.99. The number of nitrogens with one attached hydrogen (secondary N) is 1. The van der Waals surface area contributed by atoms with Crippen LogP contribution in [0.15, 0.2) is 18.3 Å². The number of rotatable bonds is 4. The van der Waals surface area contributed by atoms with Gasteiger partial charge in [0.2, 0.25) is 11.8 Å². The summed E-state index contributed by atoms with van der Waals surface area (Å²) in [6.45, 7) is 7.97. The van der Waals surface area contributed by atoms with E-state index in [0.29, 0.717) is 19.4 Å². The van der Waals surface area contributed by atoms with Gasteiger partial charge in [-0.2, -0.15) is 0 Å². The molecule has 2 rings (SSSR count). The van der Waals surface area contributed by atoms with Crippen LogP contribution >= 0.6 is 0 Å². The Kier molecular flexibility index (Phi) is 4.30. The Balaban J connectivity index is 2.29. The van der Waals surface area contributed by atoms with Gasteiger partial charge in [0, 0.05) is 18.4 Å². The minimum absolute atomic E-state index is 0.0166. The molecule has 5 heteroatoms. The van der Waals surface area contributed by atoms with Gasteiger partial charge in [0.1, 0.15) is 11.6 Å². The SMILES string of the molecule is CCC1C(=O)NC(C)(CC)C(=O)N1Cc1ccc(C)nc1. The highest BCUT2D eigenvalue weighted by Crippen LogP contribution is 2.24. The molecule has 21 heavy (non-hydrogen) atoms. The van der Waals surface area contributed by atoms with E-state index in [-0.39, 0.29) is 11.8 Å². The van der Waals surface area contributed by atoms with Crippen molar-refractivity contribution in [3.63, 3.8) is 0 Å².